The molecule has 114 valence electrons. The first-order valence-electron chi connectivity index (χ1n) is 7.87. The number of allylic oxidation sites excluding steroid dienone is 2. The van der Waals surface area contributed by atoms with Gasteiger partial charge in [-0.25, -0.2) is 0 Å². The van der Waals surface area contributed by atoms with E-state index in [2.05, 4.69) is 11.4 Å². The summed E-state index contributed by atoms with van der Waals surface area (Å²) in [4.78, 5) is 24.2. The predicted molar refractivity (Wildman–Crippen MR) is 78.0 cm³/mol. The van der Waals surface area contributed by atoms with E-state index in [-0.39, 0.29) is 17.7 Å². The minimum atomic E-state index is -1.08. The van der Waals surface area contributed by atoms with Crippen molar-refractivity contribution in [2.75, 3.05) is 0 Å². The SMILES string of the molecule is O=C([O-])[C@@H]1[C@@H]2C=C[C@@H]([C@H]3C[C@@H]23)[C@@H]1C(=O)NCc1ccccc1. The van der Waals surface area contributed by atoms with Gasteiger partial charge in [-0.2, -0.15) is 0 Å². The third kappa shape index (κ3) is 2.05. The lowest BCUT2D eigenvalue weighted by Gasteiger charge is -2.44. The number of hydrogen-bond donors (Lipinski definition) is 1. The van der Waals surface area contributed by atoms with Gasteiger partial charge in [0.1, 0.15) is 0 Å². The molecule has 6 atom stereocenters. The summed E-state index contributed by atoms with van der Waals surface area (Å²) in [7, 11) is 0. The Balaban J connectivity index is 1.51. The Labute approximate surface area is 129 Å². The van der Waals surface area contributed by atoms with Gasteiger partial charge in [0.15, 0.2) is 0 Å². The molecule has 2 fully saturated rings. The zero-order chi connectivity index (χ0) is 15.3. The molecule has 0 radical (unpaired) electrons. The molecule has 0 spiro atoms. The molecule has 2 saturated carbocycles. The van der Waals surface area contributed by atoms with Crippen LogP contribution < -0.4 is 10.4 Å². The minimum absolute atomic E-state index is 0.0209. The van der Waals surface area contributed by atoms with Crippen molar-refractivity contribution in [3.8, 4) is 0 Å². The molecule has 0 aromatic heterocycles. The molecule has 4 aliphatic carbocycles. The molecule has 1 aromatic rings. The Hall–Kier alpha value is -2.10. The highest BCUT2D eigenvalue weighted by Crippen LogP contribution is 2.63. The van der Waals surface area contributed by atoms with Gasteiger partial charge >= 0.3 is 0 Å². The van der Waals surface area contributed by atoms with Crippen molar-refractivity contribution in [1.82, 2.24) is 5.32 Å². The van der Waals surface area contributed by atoms with Crippen LogP contribution in [0.15, 0.2) is 42.5 Å². The third-order valence-corrected chi connectivity index (χ3v) is 5.54. The van der Waals surface area contributed by atoms with E-state index in [9.17, 15) is 14.7 Å². The molecule has 1 aromatic carbocycles. The summed E-state index contributed by atoms with van der Waals surface area (Å²) in [5.41, 5.74) is 1.02. The van der Waals surface area contributed by atoms with Crippen LogP contribution in [0, 0.1) is 35.5 Å². The van der Waals surface area contributed by atoms with E-state index < -0.39 is 17.8 Å². The number of aliphatic carboxylic acids is 1. The third-order valence-electron chi connectivity index (χ3n) is 5.54. The van der Waals surface area contributed by atoms with Crippen LogP contribution in [-0.2, 0) is 16.1 Å². The molecule has 4 aliphatic rings. The Morgan fingerprint density at radius 1 is 1.05 bits per heavy atom. The van der Waals surface area contributed by atoms with E-state index in [1.807, 2.05) is 36.4 Å². The Kier molecular flexibility index (Phi) is 3.06. The number of fused-ring (bicyclic) bond motifs is 1. The summed E-state index contributed by atoms with van der Waals surface area (Å²) < 4.78 is 0. The van der Waals surface area contributed by atoms with E-state index in [1.165, 1.54) is 0 Å². The molecule has 1 N–H and O–H groups in total. The zero-order valence-electron chi connectivity index (χ0n) is 12.1. The molecular formula is C18H18NO3-. The van der Waals surface area contributed by atoms with Gasteiger partial charge in [0, 0.05) is 18.4 Å². The van der Waals surface area contributed by atoms with Gasteiger partial charge in [0.05, 0.1) is 5.92 Å². The van der Waals surface area contributed by atoms with Gasteiger partial charge in [-0.05, 0) is 35.7 Å². The fourth-order valence-electron chi connectivity index (χ4n) is 4.46. The van der Waals surface area contributed by atoms with Crippen molar-refractivity contribution in [3.63, 3.8) is 0 Å². The van der Waals surface area contributed by atoms with Gasteiger partial charge in [-0.3, -0.25) is 4.79 Å². The van der Waals surface area contributed by atoms with Gasteiger partial charge in [-0.15, -0.1) is 0 Å². The van der Waals surface area contributed by atoms with Crippen LogP contribution >= 0.6 is 0 Å². The molecule has 0 aliphatic heterocycles. The number of carboxylic acids is 1. The first-order chi connectivity index (χ1) is 10.7. The first kappa shape index (κ1) is 13.6. The number of benzene rings is 1. The highest BCUT2D eigenvalue weighted by atomic mass is 16.4. The molecular weight excluding hydrogens is 278 g/mol. The fourth-order valence-corrected chi connectivity index (χ4v) is 4.46. The van der Waals surface area contributed by atoms with Gasteiger partial charge in [0.25, 0.3) is 0 Å². The fraction of sp³-hybridized carbons (Fsp3) is 0.444. The molecule has 0 saturated heterocycles. The maximum atomic E-state index is 12.6. The van der Waals surface area contributed by atoms with Gasteiger partial charge in [-0.1, -0.05) is 42.5 Å². The van der Waals surface area contributed by atoms with Gasteiger partial charge < -0.3 is 15.2 Å². The highest BCUT2D eigenvalue weighted by molar-refractivity contribution is 5.86. The van der Waals surface area contributed by atoms with Crippen LogP contribution in [0.1, 0.15) is 12.0 Å². The quantitative estimate of drug-likeness (QED) is 0.833. The van der Waals surface area contributed by atoms with Crippen molar-refractivity contribution in [3.05, 3.63) is 48.0 Å². The van der Waals surface area contributed by atoms with E-state index in [1.54, 1.807) is 0 Å². The first-order valence-corrected chi connectivity index (χ1v) is 7.87. The lowest BCUT2D eigenvalue weighted by Crippen LogP contribution is -2.53. The van der Waals surface area contributed by atoms with Crippen LogP contribution in [0.2, 0.25) is 0 Å². The highest BCUT2D eigenvalue weighted by Gasteiger charge is 2.61. The molecule has 22 heavy (non-hydrogen) atoms. The lowest BCUT2D eigenvalue weighted by atomic mass is 9.62. The number of amides is 1. The summed E-state index contributed by atoms with van der Waals surface area (Å²) in [6, 6.07) is 9.66. The van der Waals surface area contributed by atoms with Crippen molar-refractivity contribution in [1.29, 1.82) is 0 Å². The van der Waals surface area contributed by atoms with Gasteiger partial charge in [0.2, 0.25) is 5.91 Å². The lowest BCUT2D eigenvalue weighted by molar-refractivity contribution is -0.316. The van der Waals surface area contributed by atoms with E-state index in [0.29, 0.717) is 18.4 Å². The monoisotopic (exact) mass is 296 g/mol. The Morgan fingerprint density at radius 2 is 1.68 bits per heavy atom. The van der Waals surface area contributed by atoms with Crippen molar-refractivity contribution in [2.24, 2.45) is 35.5 Å². The van der Waals surface area contributed by atoms with Crippen LogP contribution in [-0.4, -0.2) is 11.9 Å². The van der Waals surface area contributed by atoms with Crippen LogP contribution in [0.3, 0.4) is 0 Å². The second-order valence-electron chi connectivity index (χ2n) is 6.68. The summed E-state index contributed by atoms with van der Waals surface area (Å²) >= 11 is 0. The summed E-state index contributed by atoms with van der Waals surface area (Å²) in [5, 5.41) is 14.5. The van der Waals surface area contributed by atoms with E-state index >= 15 is 0 Å². The Morgan fingerprint density at radius 3 is 2.32 bits per heavy atom. The number of nitrogens with one attached hydrogen (secondary N) is 1. The van der Waals surface area contributed by atoms with E-state index in [4.69, 9.17) is 0 Å². The summed E-state index contributed by atoms with van der Waals surface area (Å²) in [6.07, 6.45) is 5.11. The molecule has 4 nitrogen and oxygen atoms in total. The normalized spacial score (nSPS) is 37.5. The second-order valence-corrected chi connectivity index (χ2v) is 6.68. The van der Waals surface area contributed by atoms with Crippen molar-refractivity contribution >= 4 is 11.9 Å². The predicted octanol–water partition coefficient (Wildman–Crippen LogP) is 0.737. The zero-order valence-corrected chi connectivity index (χ0v) is 12.1. The second kappa shape index (κ2) is 4.97. The average Bonchev–Trinajstić information content (AvgIpc) is 3.35. The van der Waals surface area contributed by atoms with Crippen LogP contribution in [0.25, 0.3) is 0 Å². The number of hydrogen-bond acceptors (Lipinski definition) is 3. The van der Waals surface area contributed by atoms with Crippen molar-refractivity contribution < 1.29 is 14.7 Å². The maximum absolute atomic E-state index is 12.6. The summed E-state index contributed by atoms with van der Waals surface area (Å²) in [6.45, 7) is 0.436. The smallest absolute Gasteiger partial charge is 0.224 e. The standard InChI is InChI=1S/C18H19NO3/c20-17(19-9-10-4-2-1-3-5-10)15-11-6-7-12(14-8-13(11)14)16(15)18(21)22/h1-7,11-16H,8-9H2,(H,19,20)(H,21,22)/p-1/t11-,12+,13+,14-,15-,16+/m0/s1. The molecule has 5 rings (SSSR count). The molecule has 4 heteroatoms. The minimum Gasteiger partial charge on any atom is -0.550 e. The number of carbonyl (C=O) groups excluding carboxylic acids is 2. The topological polar surface area (TPSA) is 69.2 Å². The van der Waals surface area contributed by atoms with E-state index in [0.717, 1.165) is 12.0 Å². The average molecular weight is 296 g/mol. The van der Waals surface area contributed by atoms with Crippen LogP contribution in [0.4, 0.5) is 0 Å². The number of rotatable bonds is 4. The molecule has 1 amide bonds. The molecule has 0 heterocycles. The number of carboxylic acid groups (broad SMARTS) is 1. The Bertz CT molecular complexity index is 639. The molecule has 0 unspecified atom stereocenters. The maximum Gasteiger partial charge on any atom is 0.224 e. The number of carbonyl (C=O) groups is 2. The summed E-state index contributed by atoms with van der Waals surface area (Å²) in [5.74, 6) is -1.38. The molecule has 2 bridgehead atoms. The van der Waals surface area contributed by atoms with Crippen LogP contribution in [0.5, 0.6) is 0 Å². The van der Waals surface area contributed by atoms with Crippen molar-refractivity contribution in [2.45, 2.75) is 13.0 Å². The largest absolute Gasteiger partial charge is 0.550 e.